The van der Waals surface area contributed by atoms with Crippen LogP contribution >= 0.6 is 23.5 Å². The second-order valence-electron chi connectivity index (χ2n) is 6.79. The van der Waals surface area contributed by atoms with Gasteiger partial charge in [0.1, 0.15) is 5.82 Å². The highest BCUT2D eigenvalue weighted by Gasteiger charge is 2.14. The Hall–Kier alpha value is -2.51. The van der Waals surface area contributed by atoms with Gasteiger partial charge in [-0.2, -0.15) is 0 Å². The average molecular weight is 439 g/mol. The summed E-state index contributed by atoms with van der Waals surface area (Å²) in [5, 5.41) is 12.3. The highest BCUT2D eigenvalue weighted by Crippen LogP contribution is 2.25. The molecule has 0 fully saturated rings. The van der Waals surface area contributed by atoms with Crippen LogP contribution in [-0.2, 0) is 23.5 Å². The predicted octanol–water partition coefficient (Wildman–Crippen LogP) is 5.36. The fraction of sp³-hybridized carbons (Fsp3) is 0.261. The van der Waals surface area contributed by atoms with Gasteiger partial charge < -0.3 is 9.88 Å². The van der Waals surface area contributed by atoms with Gasteiger partial charge in [-0.3, -0.25) is 4.79 Å². The molecular weight excluding hydrogens is 412 g/mol. The molecule has 0 aliphatic heterocycles. The molecule has 0 unspecified atom stereocenters. The second kappa shape index (κ2) is 11.0. The molecule has 0 aliphatic carbocycles. The number of nitrogens with zero attached hydrogens (tertiary/aromatic N) is 3. The molecule has 3 rings (SSSR count). The first-order valence-electron chi connectivity index (χ1n) is 9.83. The van der Waals surface area contributed by atoms with Crippen LogP contribution in [0.1, 0.15) is 23.9 Å². The molecule has 1 N–H and O–H groups in total. The summed E-state index contributed by atoms with van der Waals surface area (Å²) in [6, 6.07) is 16.4. The smallest absolute Gasteiger partial charge is 0.234 e. The maximum Gasteiger partial charge on any atom is 0.234 e. The molecular formula is C23H26N4OS2. The fourth-order valence-corrected chi connectivity index (χ4v) is 4.38. The SMILES string of the molecule is C=CCn1c(CSc2ccc(C)cc2)nnc1SCC(=O)Nc1ccc(CC)cc1. The first kappa shape index (κ1) is 22.2. The van der Waals surface area contributed by atoms with Gasteiger partial charge in [0.05, 0.1) is 11.5 Å². The first-order valence-corrected chi connectivity index (χ1v) is 11.8. The van der Waals surface area contributed by atoms with Crippen molar-refractivity contribution >= 4 is 35.1 Å². The normalized spacial score (nSPS) is 10.7. The Morgan fingerprint density at radius 3 is 2.50 bits per heavy atom. The zero-order chi connectivity index (χ0) is 21.3. The molecule has 0 bridgehead atoms. The Morgan fingerprint density at radius 2 is 1.83 bits per heavy atom. The number of anilines is 1. The second-order valence-corrected chi connectivity index (χ2v) is 8.78. The number of nitrogens with one attached hydrogen (secondary N) is 1. The number of aryl methyl sites for hydroxylation is 2. The van der Waals surface area contributed by atoms with E-state index < -0.39 is 0 Å². The lowest BCUT2D eigenvalue weighted by Gasteiger charge is -2.08. The molecule has 0 saturated heterocycles. The van der Waals surface area contributed by atoms with E-state index in [9.17, 15) is 4.79 Å². The summed E-state index contributed by atoms with van der Waals surface area (Å²) < 4.78 is 2.02. The van der Waals surface area contributed by atoms with E-state index in [2.05, 4.69) is 60.2 Å². The number of aromatic nitrogens is 3. The van der Waals surface area contributed by atoms with Crippen LogP contribution in [0.4, 0.5) is 5.69 Å². The van der Waals surface area contributed by atoms with Gasteiger partial charge in [0, 0.05) is 17.1 Å². The number of amides is 1. The van der Waals surface area contributed by atoms with Crippen molar-refractivity contribution in [2.75, 3.05) is 11.1 Å². The molecule has 0 saturated carbocycles. The van der Waals surface area contributed by atoms with Crippen molar-refractivity contribution in [3.63, 3.8) is 0 Å². The maximum absolute atomic E-state index is 12.3. The lowest BCUT2D eigenvalue weighted by molar-refractivity contribution is -0.113. The Balaban J connectivity index is 1.58. The van der Waals surface area contributed by atoms with Crippen LogP contribution in [0.3, 0.4) is 0 Å². The molecule has 2 aromatic carbocycles. The van der Waals surface area contributed by atoms with E-state index in [0.29, 0.717) is 12.3 Å². The van der Waals surface area contributed by atoms with Crippen molar-refractivity contribution in [1.29, 1.82) is 0 Å². The van der Waals surface area contributed by atoms with Crippen LogP contribution < -0.4 is 5.32 Å². The number of rotatable bonds is 10. The monoisotopic (exact) mass is 438 g/mol. The summed E-state index contributed by atoms with van der Waals surface area (Å²) in [5.41, 5.74) is 3.30. The molecule has 1 amide bonds. The van der Waals surface area contributed by atoms with Crippen LogP contribution in [0.2, 0.25) is 0 Å². The molecule has 7 heteroatoms. The number of carbonyl (C=O) groups is 1. The van der Waals surface area contributed by atoms with E-state index in [1.807, 2.05) is 34.9 Å². The number of hydrogen-bond donors (Lipinski definition) is 1. The van der Waals surface area contributed by atoms with Gasteiger partial charge in [-0.15, -0.1) is 28.5 Å². The fourth-order valence-electron chi connectivity index (χ4n) is 2.78. The van der Waals surface area contributed by atoms with E-state index in [1.165, 1.54) is 27.8 Å². The van der Waals surface area contributed by atoms with Crippen molar-refractivity contribution in [2.45, 2.75) is 42.6 Å². The summed E-state index contributed by atoms with van der Waals surface area (Å²) in [6.07, 6.45) is 2.80. The third-order valence-electron chi connectivity index (χ3n) is 4.47. The third kappa shape index (κ3) is 6.24. The molecule has 0 aliphatic rings. The van der Waals surface area contributed by atoms with Crippen LogP contribution in [0.15, 0.2) is 71.2 Å². The topological polar surface area (TPSA) is 59.8 Å². The summed E-state index contributed by atoms with van der Waals surface area (Å²) >= 11 is 3.11. The summed E-state index contributed by atoms with van der Waals surface area (Å²) in [5.74, 6) is 1.79. The lowest BCUT2D eigenvalue weighted by atomic mass is 10.1. The minimum atomic E-state index is -0.0621. The van der Waals surface area contributed by atoms with Crippen LogP contribution in [0.25, 0.3) is 0 Å². The number of allylic oxidation sites excluding steroid dienone is 1. The quantitative estimate of drug-likeness (QED) is 0.341. The largest absolute Gasteiger partial charge is 0.325 e. The minimum absolute atomic E-state index is 0.0621. The third-order valence-corrected chi connectivity index (χ3v) is 6.45. The van der Waals surface area contributed by atoms with Gasteiger partial charge in [0.15, 0.2) is 5.16 Å². The molecule has 30 heavy (non-hydrogen) atoms. The highest BCUT2D eigenvalue weighted by molar-refractivity contribution is 7.99. The summed E-state index contributed by atoms with van der Waals surface area (Å²) in [4.78, 5) is 13.5. The zero-order valence-corrected chi connectivity index (χ0v) is 18.9. The molecule has 3 aromatic rings. The van der Waals surface area contributed by atoms with Crippen molar-refractivity contribution in [1.82, 2.24) is 14.8 Å². The van der Waals surface area contributed by atoms with Gasteiger partial charge in [0.25, 0.3) is 0 Å². The minimum Gasteiger partial charge on any atom is -0.325 e. The first-order chi connectivity index (χ1) is 14.6. The standard InChI is InChI=1S/C23H26N4OS2/c1-4-14-27-21(15-29-20-12-6-17(3)7-13-20)25-26-23(27)30-16-22(28)24-19-10-8-18(5-2)9-11-19/h4,6-13H,1,5,14-16H2,2-3H3,(H,24,28). The number of hydrogen-bond acceptors (Lipinski definition) is 5. The van der Waals surface area contributed by atoms with Gasteiger partial charge >= 0.3 is 0 Å². The molecule has 5 nitrogen and oxygen atoms in total. The van der Waals surface area contributed by atoms with E-state index in [1.54, 1.807) is 11.8 Å². The van der Waals surface area contributed by atoms with E-state index in [-0.39, 0.29) is 11.7 Å². The number of benzene rings is 2. The number of thioether (sulfide) groups is 2. The van der Waals surface area contributed by atoms with Crippen LogP contribution in [-0.4, -0.2) is 26.4 Å². The van der Waals surface area contributed by atoms with Crippen molar-refractivity contribution in [3.05, 3.63) is 78.1 Å². The Kier molecular flexibility index (Phi) is 8.16. The molecule has 1 heterocycles. The van der Waals surface area contributed by atoms with E-state index in [4.69, 9.17) is 0 Å². The van der Waals surface area contributed by atoms with Gasteiger partial charge in [-0.05, 0) is 43.2 Å². The van der Waals surface area contributed by atoms with Crippen LogP contribution in [0.5, 0.6) is 0 Å². The molecule has 0 atom stereocenters. The Bertz CT molecular complexity index is 981. The maximum atomic E-state index is 12.3. The van der Waals surface area contributed by atoms with Crippen LogP contribution in [0, 0.1) is 6.92 Å². The number of carbonyl (C=O) groups excluding carboxylic acids is 1. The molecule has 1 aromatic heterocycles. The van der Waals surface area contributed by atoms with E-state index >= 15 is 0 Å². The molecule has 0 spiro atoms. The van der Waals surface area contributed by atoms with Gasteiger partial charge in [-0.25, -0.2) is 0 Å². The Morgan fingerprint density at radius 1 is 1.10 bits per heavy atom. The Labute approximate surface area is 186 Å². The van der Waals surface area contributed by atoms with Crippen molar-refractivity contribution in [2.24, 2.45) is 0 Å². The van der Waals surface area contributed by atoms with Gasteiger partial charge in [-0.1, -0.05) is 54.6 Å². The summed E-state index contributed by atoms with van der Waals surface area (Å²) in [7, 11) is 0. The van der Waals surface area contributed by atoms with Crippen molar-refractivity contribution < 1.29 is 4.79 Å². The van der Waals surface area contributed by atoms with Crippen molar-refractivity contribution in [3.8, 4) is 0 Å². The van der Waals surface area contributed by atoms with Gasteiger partial charge in [0.2, 0.25) is 5.91 Å². The predicted molar refractivity (Wildman–Crippen MR) is 126 cm³/mol. The summed E-state index contributed by atoms with van der Waals surface area (Å²) in [6.45, 7) is 8.64. The lowest BCUT2D eigenvalue weighted by Crippen LogP contribution is -2.14. The zero-order valence-electron chi connectivity index (χ0n) is 17.3. The molecule has 0 radical (unpaired) electrons. The van der Waals surface area contributed by atoms with E-state index in [0.717, 1.165) is 23.1 Å². The molecule has 156 valence electrons. The highest BCUT2D eigenvalue weighted by atomic mass is 32.2. The average Bonchev–Trinajstić information content (AvgIpc) is 3.14.